The van der Waals surface area contributed by atoms with Crippen LogP contribution in [0.2, 0.25) is 0 Å². The number of halogens is 1. The van der Waals surface area contributed by atoms with Crippen molar-refractivity contribution in [2.24, 2.45) is 0 Å². The van der Waals surface area contributed by atoms with Crippen LogP contribution in [0.15, 0.2) is 0 Å². The summed E-state index contributed by atoms with van der Waals surface area (Å²) in [6.45, 7) is 2.12. The van der Waals surface area contributed by atoms with Crippen LogP contribution in [-0.2, 0) is 10.0 Å². The summed E-state index contributed by atoms with van der Waals surface area (Å²) in [5.41, 5.74) is 0. The van der Waals surface area contributed by atoms with Crippen LogP contribution >= 0.6 is 11.6 Å². The molecule has 0 spiro atoms. The first-order chi connectivity index (χ1) is 6.02. The maximum Gasteiger partial charge on any atom is 0.212 e. The predicted octanol–water partition coefficient (Wildman–Crippen LogP) is 0.306. The molecule has 0 rings (SSSR count). The molecule has 0 aliphatic rings. The molecule has 0 saturated carbocycles. The average molecular weight is 230 g/mol. The Labute approximate surface area is 84.3 Å². The lowest BCUT2D eigenvalue weighted by atomic mass is 10.2. The summed E-state index contributed by atoms with van der Waals surface area (Å²) in [7, 11) is -3.23. The standard InChI is InChI=1S/C7H16ClNO3S/c1-2-7(10)3-5-9-13(11,12)6-4-8/h7,9-10H,2-6H2,1H3. The molecule has 0 bridgehead atoms. The Morgan fingerprint density at radius 1 is 1.54 bits per heavy atom. The van der Waals surface area contributed by atoms with Gasteiger partial charge in [-0.1, -0.05) is 6.92 Å². The molecule has 0 aromatic carbocycles. The van der Waals surface area contributed by atoms with Crippen LogP contribution in [0, 0.1) is 0 Å². The number of nitrogens with one attached hydrogen (secondary N) is 1. The van der Waals surface area contributed by atoms with Crippen LogP contribution in [-0.4, -0.2) is 37.8 Å². The van der Waals surface area contributed by atoms with Crippen LogP contribution in [0.5, 0.6) is 0 Å². The lowest BCUT2D eigenvalue weighted by Crippen LogP contribution is -2.29. The van der Waals surface area contributed by atoms with E-state index in [1.54, 1.807) is 0 Å². The van der Waals surface area contributed by atoms with Crippen LogP contribution in [0.4, 0.5) is 0 Å². The Morgan fingerprint density at radius 3 is 2.62 bits per heavy atom. The lowest BCUT2D eigenvalue weighted by Gasteiger charge is -2.08. The number of aliphatic hydroxyl groups is 1. The smallest absolute Gasteiger partial charge is 0.212 e. The van der Waals surface area contributed by atoms with Crippen LogP contribution in [0.25, 0.3) is 0 Å². The predicted molar refractivity (Wildman–Crippen MR) is 53.4 cm³/mol. The van der Waals surface area contributed by atoms with Gasteiger partial charge < -0.3 is 5.11 Å². The van der Waals surface area contributed by atoms with Crippen molar-refractivity contribution in [1.29, 1.82) is 0 Å². The van der Waals surface area contributed by atoms with Gasteiger partial charge in [0.25, 0.3) is 0 Å². The van der Waals surface area contributed by atoms with E-state index >= 15 is 0 Å². The van der Waals surface area contributed by atoms with E-state index in [1.165, 1.54) is 0 Å². The second kappa shape index (κ2) is 6.59. The Hall–Kier alpha value is 0.160. The molecule has 0 aromatic heterocycles. The molecule has 4 nitrogen and oxygen atoms in total. The molecule has 0 heterocycles. The van der Waals surface area contributed by atoms with Crippen LogP contribution in [0.3, 0.4) is 0 Å². The minimum atomic E-state index is -3.23. The van der Waals surface area contributed by atoms with Crippen molar-refractivity contribution in [1.82, 2.24) is 4.72 Å². The summed E-state index contributed by atoms with van der Waals surface area (Å²) in [4.78, 5) is 0. The highest BCUT2D eigenvalue weighted by atomic mass is 35.5. The minimum absolute atomic E-state index is 0.0726. The van der Waals surface area contributed by atoms with Gasteiger partial charge in [0.1, 0.15) is 0 Å². The quantitative estimate of drug-likeness (QED) is 0.618. The number of hydrogen-bond donors (Lipinski definition) is 2. The molecule has 0 aliphatic carbocycles. The zero-order valence-electron chi connectivity index (χ0n) is 7.66. The molecule has 6 heteroatoms. The second-order valence-corrected chi connectivity index (χ2v) is 5.06. The van der Waals surface area contributed by atoms with Crippen LogP contribution in [0.1, 0.15) is 19.8 Å². The van der Waals surface area contributed by atoms with E-state index in [-0.39, 0.29) is 18.2 Å². The Morgan fingerprint density at radius 2 is 2.15 bits per heavy atom. The van der Waals surface area contributed by atoms with Gasteiger partial charge in [0, 0.05) is 12.4 Å². The summed E-state index contributed by atoms with van der Waals surface area (Å²) in [5, 5.41) is 9.12. The van der Waals surface area contributed by atoms with Crippen molar-refractivity contribution in [3.63, 3.8) is 0 Å². The molecule has 80 valence electrons. The topological polar surface area (TPSA) is 66.4 Å². The molecule has 13 heavy (non-hydrogen) atoms. The maximum atomic E-state index is 11.0. The van der Waals surface area contributed by atoms with Gasteiger partial charge >= 0.3 is 0 Å². The molecule has 0 aromatic rings. The fraction of sp³-hybridized carbons (Fsp3) is 1.00. The van der Waals surface area contributed by atoms with E-state index in [2.05, 4.69) is 4.72 Å². The van der Waals surface area contributed by atoms with Crippen LogP contribution < -0.4 is 4.72 Å². The number of alkyl halides is 1. The lowest BCUT2D eigenvalue weighted by molar-refractivity contribution is 0.162. The molecule has 1 atom stereocenters. The van der Waals surface area contributed by atoms with Crippen molar-refractivity contribution in [2.45, 2.75) is 25.9 Å². The van der Waals surface area contributed by atoms with Crippen molar-refractivity contribution in [2.75, 3.05) is 18.2 Å². The van der Waals surface area contributed by atoms with Gasteiger partial charge in [-0.2, -0.15) is 0 Å². The third kappa shape index (κ3) is 7.25. The highest BCUT2D eigenvalue weighted by molar-refractivity contribution is 7.89. The average Bonchev–Trinajstić information content (AvgIpc) is 2.03. The third-order valence-corrected chi connectivity index (χ3v) is 3.42. The monoisotopic (exact) mass is 229 g/mol. The molecule has 0 radical (unpaired) electrons. The van der Waals surface area contributed by atoms with Crippen molar-refractivity contribution >= 4 is 21.6 Å². The van der Waals surface area contributed by atoms with Gasteiger partial charge in [0.05, 0.1) is 11.9 Å². The summed E-state index contributed by atoms with van der Waals surface area (Å²) < 4.78 is 24.4. The molecular formula is C7H16ClNO3S. The van der Waals surface area contributed by atoms with Gasteiger partial charge in [-0.3, -0.25) is 0 Å². The maximum absolute atomic E-state index is 11.0. The van der Waals surface area contributed by atoms with E-state index in [1.807, 2.05) is 6.92 Å². The van der Waals surface area contributed by atoms with E-state index in [0.717, 1.165) is 0 Å². The molecule has 1 unspecified atom stereocenters. The Bertz CT molecular complexity index is 218. The number of rotatable bonds is 7. The van der Waals surface area contributed by atoms with Gasteiger partial charge in [0.15, 0.2) is 0 Å². The van der Waals surface area contributed by atoms with E-state index < -0.39 is 16.1 Å². The zero-order chi connectivity index (χ0) is 10.3. The fourth-order valence-corrected chi connectivity index (χ4v) is 2.14. The molecule has 0 fully saturated rings. The summed E-state index contributed by atoms with van der Waals surface area (Å²) >= 11 is 5.29. The number of hydrogen-bond acceptors (Lipinski definition) is 3. The minimum Gasteiger partial charge on any atom is -0.393 e. The summed E-state index contributed by atoms with van der Waals surface area (Å²) in [6.07, 6.45) is 0.647. The van der Waals surface area contributed by atoms with E-state index in [4.69, 9.17) is 16.7 Å². The highest BCUT2D eigenvalue weighted by Gasteiger charge is 2.09. The van der Waals surface area contributed by atoms with Crippen molar-refractivity contribution in [3.05, 3.63) is 0 Å². The van der Waals surface area contributed by atoms with Crippen molar-refractivity contribution < 1.29 is 13.5 Å². The van der Waals surface area contributed by atoms with Gasteiger partial charge in [-0.15, -0.1) is 11.6 Å². The third-order valence-electron chi connectivity index (χ3n) is 1.62. The normalized spacial score (nSPS) is 14.4. The molecule has 0 saturated heterocycles. The first-order valence-electron chi connectivity index (χ1n) is 4.23. The number of sulfonamides is 1. The Kier molecular flexibility index (Phi) is 6.67. The second-order valence-electron chi connectivity index (χ2n) is 2.75. The highest BCUT2D eigenvalue weighted by Crippen LogP contribution is 1.95. The molecular weight excluding hydrogens is 214 g/mol. The number of aliphatic hydroxyl groups excluding tert-OH is 1. The molecule has 0 amide bonds. The SMILES string of the molecule is CCC(O)CCNS(=O)(=O)CCCl. The molecule has 2 N–H and O–H groups in total. The van der Waals surface area contributed by atoms with Gasteiger partial charge in [-0.05, 0) is 12.8 Å². The fourth-order valence-electron chi connectivity index (χ4n) is 0.759. The van der Waals surface area contributed by atoms with Crippen molar-refractivity contribution in [3.8, 4) is 0 Å². The first kappa shape index (κ1) is 13.2. The van der Waals surface area contributed by atoms with E-state index in [9.17, 15) is 8.42 Å². The summed E-state index contributed by atoms with van der Waals surface area (Å²) in [5.74, 6) is 0.0163. The van der Waals surface area contributed by atoms with Gasteiger partial charge in [0.2, 0.25) is 10.0 Å². The van der Waals surface area contributed by atoms with Gasteiger partial charge in [-0.25, -0.2) is 13.1 Å². The summed E-state index contributed by atoms with van der Waals surface area (Å²) in [6, 6.07) is 0. The zero-order valence-corrected chi connectivity index (χ0v) is 9.24. The first-order valence-corrected chi connectivity index (χ1v) is 6.42. The van der Waals surface area contributed by atoms with E-state index in [0.29, 0.717) is 12.8 Å². The molecule has 0 aliphatic heterocycles. The Balaban J connectivity index is 3.64. The largest absolute Gasteiger partial charge is 0.393 e.